The molecule has 0 fully saturated rings. The number of pyridine rings is 2. The molecule has 38 heavy (non-hydrogen) atoms. The predicted octanol–water partition coefficient (Wildman–Crippen LogP) is 3.96. The molecule has 0 spiro atoms. The number of hydrogen-bond donors (Lipinski definition) is 2. The number of carbonyl (C=O) groups excluding carboxylic acids is 1. The van der Waals surface area contributed by atoms with Gasteiger partial charge in [0.05, 0.1) is 29.0 Å². The van der Waals surface area contributed by atoms with E-state index in [-0.39, 0.29) is 25.4 Å². The van der Waals surface area contributed by atoms with Crippen LogP contribution in [-0.2, 0) is 28.3 Å². The first kappa shape index (κ1) is 21.5. The number of carbonyl (C=O) groups is 1. The molecule has 0 saturated carbocycles. The quantitative estimate of drug-likeness (QED) is 0.341. The van der Waals surface area contributed by atoms with Gasteiger partial charge in [-0.25, -0.2) is 9.78 Å². The van der Waals surface area contributed by atoms with Crippen molar-refractivity contribution < 1.29 is 24.1 Å². The Kier molecular flexibility index (Phi) is 4.08. The van der Waals surface area contributed by atoms with E-state index in [1.54, 1.807) is 17.6 Å². The van der Waals surface area contributed by atoms with Crippen LogP contribution in [0.15, 0.2) is 53.5 Å². The number of aromatic amines is 1. The molecule has 9 heteroatoms. The summed E-state index contributed by atoms with van der Waals surface area (Å²) < 4.78 is 18.2. The molecule has 5 aromatic rings. The third-order valence-electron chi connectivity index (χ3n) is 8.02. The van der Waals surface area contributed by atoms with Gasteiger partial charge < -0.3 is 28.9 Å². The van der Waals surface area contributed by atoms with E-state index in [4.69, 9.17) is 19.2 Å². The second-order valence-corrected chi connectivity index (χ2v) is 9.92. The summed E-state index contributed by atoms with van der Waals surface area (Å²) >= 11 is 0. The number of esters is 1. The van der Waals surface area contributed by atoms with Crippen molar-refractivity contribution in [1.29, 1.82) is 0 Å². The Hall–Kier alpha value is -4.63. The Balaban J connectivity index is 1.45. The van der Waals surface area contributed by atoms with Crippen molar-refractivity contribution in [2.75, 3.05) is 6.79 Å². The summed E-state index contributed by atoms with van der Waals surface area (Å²) in [7, 11) is 0. The van der Waals surface area contributed by atoms with Crippen molar-refractivity contribution >= 4 is 27.8 Å². The number of nitrogens with one attached hydrogen (secondary N) is 1. The second-order valence-electron chi connectivity index (χ2n) is 9.92. The number of rotatable bonds is 2. The highest BCUT2D eigenvalue weighted by Crippen LogP contribution is 2.46. The lowest BCUT2D eigenvalue weighted by atomic mass is 9.86. The lowest BCUT2D eigenvalue weighted by Gasteiger charge is -2.31. The van der Waals surface area contributed by atoms with Crippen LogP contribution in [0.1, 0.15) is 30.0 Å². The van der Waals surface area contributed by atoms with Crippen LogP contribution >= 0.6 is 0 Å². The summed E-state index contributed by atoms with van der Waals surface area (Å²) in [4.78, 5) is 34.5. The fourth-order valence-electron chi connectivity index (χ4n) is 6.01. The highest BCUT2D eigenvalue weighted by atomic mass is 16.7. The van der Waals surface area contributed by atoms with Crippen molar-refractivity contribution in [1.82, 2.24) is 14.5 Å². The number of cyclic esters (lactones) is 1. The van der Waals surface area contributed by atoms with E-state index in [1.165, 1.54) is 0 Å². The van der Waals surface area contributed by atoms with E-state index in [0.29, 0.717) is 46.1 Å². The number of nitrogens with zero attached hydrogens (tertiary/aromatic N) is 2. The molecule has 6 heterocycles. The molecule has 2 aromatic carbocycles. The second kappa shape index (κ2) is 7.23. The SMILES string of the molecule is CC[C@@]1(O)C(=O)OCc2c1cc1n(c2=O)Cc2c-1nc1cc3c(cc1c2-c1ccc2[nH]ccc2c1)OCO3. The minimum atomic E-state index is -1.88. The van der Waals surface area contributed by atoms with E-state index in [9.17, 15) is 14.7 Å². The first-order chi connectivity index (χ1) is 18.5. The molecule has 3 aliphatic heterocycles. The molecule has 2 N–H and O–H groups in total. The maximum absolute atomic E-state index is 13.7. The van der Waals surface area contributed by atoms with Crippen molar-refractivity contribution in [3.8, 4) is 34.0 Å². The molecule has 3 aromatic heterocycles. The lowest BCUT2D eigenvalue weighted by molar-refractivity contribution is -0.172. The molecule has 0 bridgehead atoms. The fraction of sp³-hybridized carbons (Fsp3) is 0.207. The average molecular weight is 508 g/mol. The van der Waals surface area contributed by atoms with Gasteiger partial charge in [0, 0.05) is 34.3 Å². The van der Waals surface area contributed by atoms with Gasteiger partial charge in [0.2, 0.25) is 6.79 Å². The molecule has 0 radical (unpaired) electrons. The number of H-pyrrole nitrogens is 1. The van der Waals surface area contributed by atoms with Crippen LogP contribution in [0.3, 0.4) is 0 Å². The summed E-state index contributed by atoms with van der Waals surface area (Å²) in [5.41, 5.74) is 4.16. The standard InChI is InChI=1S/C29H21N3O6/c1-2-29(35)19-9-22-26-17(11-32(22)27(33)18(19)12-36-28(29)34)25(15-3-4-20-14(7-15)5-6-30-20)16-8-23-24(38-13-37-23)10-21(16)31-26/h3-10,30,35H,2,11-13H2,1H3/t29-/m0/s1. The maximum atomic E-state index is 13.7. The van der Waals surface area contributed by atoms with Crippen molar-refractivity contribution in [3.63, 3.8) is 0 Å². The van der Waals surface area contributed by atoms with Gasteiger partial charge in [0.1, 0.15) is 6.61 Å². The van der Waals surface area contributed by atoms with Crippen LogP contribution in [0, 0.1) is 0 Å². The number of benzene rings is 2. The summed E-state index contributed by atoms with van der Waals surface area (Å²) in [6.45, 7) is 1.97. The summed E-state index contributed by atoms with van der Waals surface area (Å²) in [6.07, 6.45) is 1.99. The fourth-order valence-corrected chi connectivity index (χ4v) is 6.01. The first-order valence-electron chi connectivity index (χ1n) is 12.5. The van der Waals surface area contributed by atoms with Gasteiger partial charge in [0.25, 0.3) is 5.56 Å². The van der Waals surface area contributed by atoms with E-state index < -0.39 is 11.6 Å². The van der Waals surface area contributed by atoms with E-state index in [0.717, 1.165) is 33.0 Å². The molecule has 188 valence electrons. The maximum Gasteiger partial charge on any atom is 0.343 e. The van der Waals surface area contributed by atoms with Gasteiger partial charge in [-0.15, -0.1) is 0 Å². The molecule has 8 rings (SSSR count). The van der Waals surface area contributed by atoms with Crippen LogP contribution < -0.4 is 15.0 Å². The molecule has 1 atom stereocenters. The molecular formula is C29H21N3O6. The lowest BCUT2D eigenvalue weighted by Crippen LogP contribution is -2.44. The monoisotopic (exact) mass is 507 g/mol. The molecule has 0 amide bonds. The minimum absolute atomic E-state index is 0.0884. The van der Waals surface area contributed by atoms with E-state index in [2.05, 4.69) is 17.1 Å². The Labute approximate surface area is 215 Å². The predicted molar refractivity (Wildman–Crippen MR) is 138 cm³/mol. The highest BCUT2D eigenvalue weighted by Gasteiger charge is 2.45. The molecule has 9 nitrogen and oxygen atoms in total. The van der Waals surface area contributed by atoms with Crippen molar-refractivity contribution in [2.45, 2.75) is 32.1 Å². The van der Waals surface area contributed by atoms with Crippen LogP contribution in [-0.4, -0.2) is 32.4 Å². The highest BCUT2D eigenvalue weighted by molar-refractivity contribution is 6.03. The zero-order chi connectivity index (χ0) is 25.8. The van der Waals surface area contributed by atoms with Gasteiger partial charge in [0.15, 0.2) is 17.1 Å². The Bertz CT molecular complexity index is 1940. The summed E-state index contributed by atoms with van der Waals surface area (Å²) in [5, 5.41) is 13.2. The minimum Gasteiger partial charge on any atom is -0.458 e. The zero-order valence-corrected chi connectivity index (χ0v) is 20.3. The molecular weight excluding hydrogens is 486 g/mol. The van der Waals surface area contributed by atoms with Gasteiger partial charge in [-0.05, 0) is 53.3 Å². The Morgan fingerprint density at radius 1 is 1.05 bits per heavy atom. The third kappa shape index (κ3) is 2.66. The van der Waals surface area contributed by atoms with Gasteiger partial charge in [-0.1, -0.05) is 13.0 Å². The number of aliphatic hydroxyl groups is 1. The Morgan fingerprint density at radius 3 is 2.74 bits per heavy atom. The van der Waals surface area contributed by atoms with Gasteiger partial charge in [-0.3, -0.25) is 4.79 Å². The Morgan fingerprint density at radius 2 is 1.89 bits per heavy atom. The summed E-state index contributed by atoms with van der Waals surface area (Å²) in [6, 6.07) is 13.8. The largest absolute Gasteiger partial charge is 0.458 e. The summed E-state index contributed by atoms with van der Waals surface area (Å²) in [5.74, 6) is 0.519. The van der Waals surface area contributed by atoms with E-state index in [1.807, 2.05) is 30.5 Å². The van der Waals surface area contributed by atoms with Crippen molar-refractivity contribution in [2.24, 2.45) is 0 Å². The van der Waals surface area contributed by atoms with E-state index >= 15 is 0 Å². The molecule has 3 aliphatic rings. The molecule has 0 saturated heterocycles. The van der Waals surface area contributed by atoms with Crippen LogP contribution in [0.2, 0.25) is 0 Å². The number of aromatic nitrogens is 3. The van der Waals surface area contributed by atoms with Crippen LogP contribution in [0.5, 0.6) is 11.5 Å². The normalized spacial score (nSPS) is 18.9. The number of ether oxygens (including phenoxy) is 3. The van der Waals surface area contributed by atoms with Crippen LogP contribution in [0.25, 0.3) is 44.3 Å². The molecule has 0 unspecified atom stereocenters. The first-order valence-corrected chi connectivity index (χ1v) is 12.5. The number of fused-ring (bicyclic) bond motifs is 7. The smallest absolute Gasteiger partial charge is 0.343 e. The van der Waals surface area contributed by atoms with Crippen molar-refractivity contribution in [3.05, 3.63) is 75.7 Å². The van der Waals surface area contributed by atoms with Crippen LogP contribution in [0.4, 0.5) is 0 Å². The topological polar surface area (TPSA) is 116 Å². The number of hydrogen-bond acceptors (Lipinski definition) is 7. The van der Waals surface area contributed by atoms with Gasteiger partial charge >= 0.3 is 5.97 Å². The van der Waals surface area contributed by atoms with Gasteiger partial charge in [-0.2, -0.15) is 0 Å². The third-order valence-corrected chi connectivity index (χ3v) is 8.02. The average Bonchev–Trinajstić information content (AvgIpc) is 3.66. The molecule has 0 aliphatic carbocycles. The zero-order valence-electron chi connectivity index (χ0n) is 20.3.